The van der Waals surface area contributed by atoms with Crippen LogP contribution in [-0.2, 0) is 10.8 Å². The molecule has 0 amide bonds. The lowest BCUT2D eigenvalue weighted by molar-refractivity contribution is 0.590. The Bertz CT molecular complexity index is 3390. The maximum atomic E-state index is 2.58. The van der Waals surface area contributed by atoms with E-state index in [0.29, 0.717) is 0 Å². The lowest BCUT2D eigenvalue weighted by Crippen LogP contribution is -2.35. The molecule has 2 heterocycles. The van der Waals surface area contributed by atoms with Crippen LogP contribution in [0.15, 0.2) is 194 Å². The molecule has 0 fully saturated rings. The second-order valence-corrected chi connectivity index (χ2v) is 19.0. The summed E-state index contributed by atoms with van der Waals surface area (Å²) < 4.78 is 2.58. The standard InChI is InChI=1S/C59H51N3/c1-58(2,3)42-28-32-46(33-29-42)60(44-21-9-7-10-22-44)55-41-20-14-13-18-39(36-41)37-51-53(55)49-26-17-27-50-54-52(62(51)56(49)50)38-40-19-15-16-25-48(40)57(54)61(45-23-11-8-12-24-45)47-34-30-43(31-35-47)59(4,5)6/h7-38,41H,1-6H3. The molecule has 2 bridgehead atoms. The Morgan fingerprint density at radius 1 is 0.516 bits per heavy atom. The smallest absolute Gasteiger partial charge is 0.0640 e. The van der Waals surface area contributed by atoms with Gasteiger partial charge in [-0.25, -0.2) is 0 Å². The molecule has 0 N–H and O–H groups in total. The van der Waals surface area contributed by atoms with Gasteiger partial charge in [-0.05, 0) is 93.6 Å². The quantitative estimate of drug-likeness (QED) is 0.166. The van der Waals surface area contributed by atoms with E-state index < -0.39 is 0 Å². The van der Waals surface area contributed by atoms with Crippen LogP contribution in [0.1, 0.15) is 52.7 Å². The Labute approximate surface area is 364 Å². The number of fused-ring (bicyclic) bond motifs is 8. The summed E-state index contributed by atoms with van der Waals surface area (Å²) in [5, 5.41) is 8.63. The Morgan fingerprint density at radius 3 is 1.71 bits per heavy atom. The molecule has 0 saturated carbocycles. The first kappa shape index (κ1) is 37.9. The van der Waals surface area contributed by atoms with Gasteiger partial charge in [-0.2, -0.15) is 0 Å². The Morgan fingerprint density at radius 2 is 1.06 bits per heavy atom. The number of rotatable bonds is 6. The van der Waals surface area contributed by atoms with Crippen molar-refractivity contribution < 1.29 is 0 Å². The summed E-state index contributed by atoms with van der Waals surface area (Å²) in [6.07, 6.45) is 13.9. The van der Waals surface area contributed by atoms with E-state index in [4.69, 9.17) is 0 Å². The molecule has 0 saturated heterocycles. The highest BCUT2D eigenvalue weighted by molar-refractivity contribution is 6.26. The second-order valence-electron chi connectivity index (χ2n) is 19.0. The molecule has 9 aromatic rings. The maximum absolute atomic E-state index is 2.58. The van der Waals surface area contributed by atoms with Gasteiger partial charge in [0.25, 0.3) is 0 Å². The van der Waals surface area contributed by atoms with E-state index >= 15 is 0 Å². The minimum atomic E-state index is 0.0124. The first-order valence-electron chi connectivity index (χ1n) is 22.0. The van der Waals surface area contributed by atoms with Crippen molar-refractivity contribution in [2.75, 3.05) is 9.80 Å². The summed E-state index contributed by atoms with van der Waals surface area (Å²) in [6, 6.07) is 58.6. The minimum Gasteiger partial charge on any atom is -0.313 e. The van der Waals surface area contributed by atoms with Crippen LogP contribution in [0.25, 0.3) is 49.7 Å². The van der Waals surface area contributed by atoms with Gasteiger partial charge in [0.15, 0.2) is 0 Å². The van der Waals surface area contributed by atoms with E-state index in [1.807, 2.05) is 0 Å². The van der Waals surface area contributed by atoms with E-state index in [0.717, 1.165) is 22.7 Å². The predicted octanol–water partition coefficient (Wildman–Crippen LogP) is 14.3. The van der Waals surface area contributed by atoms with Crippen molar-refractivity contribution in [1.82, 2.24) is 4.40 Å². The van der Waals surface area contributed by atoms with Crippen molar-refractivity contribution in [2.24, 2.45) is 5.92 Å². The number of benzene rings is 7. The number of aromatic nitrogens is 1. The van der Waals surface area contributed by atoms with Gasteiger partial charge in [0.1, 0.15) is 0 Å². The molecule has 0 spiro atoms. The highest BCUT2D eigenvalue weighted by Gasteiger charge is 2.30. The van der Waals surface area contributed by atoms with Gasteiger partial charge < -0.3 is 14.2 Å². The van der Waals surface area contributed by atoms with Crippen molar-refractivity contribution in [2.45, 2.75) is 52.4 Å². The molecule has 3 heteroatoms. The average molecular weight is 802 g/mol. The van der Waals surface area contributed by atoms with Crippen LogP contribution in [0.5, 0.6) is 0 Å². The molecule has 2 aliphatic carbocycles. The molecule has 2 aliphatic rings. The minimum absolute atomic E-state index is 0.0124. The SMILES string of the molecule is CC(C)(C)c1ccc(N(C2=c3c(n4c5cc6ccccc6c(N(c6ccccc6)c6ccc(C(C)(C)C)cc6)c5c5cccc3c54)=CC3=CC2C=CC=C3)c2ccccc2)cc1. The van der Waals surface area contributed by atoms with E-state index in [1.54, 1.807) is 0 Å². The van der Waals surface area contributed by atoms with Gasteiger partial charge in [-0.1, -0.05) is 175 Å². The molecule has 2 aromatic heterocycles. The fourth-order valence-corrected chi connectivity index (χ4v) is 9.93. The van der Waals surface area contributed by atoms with Crippen LogP contribution in [0, 0.1) is 5.92 Å². The van der Waals surface area contributed by atoms with Crippen molar-refractivity contribution in [3.05, 3.63) is 215 Å². The number of hydrogen-bond donors (Lipinski definition) is 0. The van der Waals surface area contributed by atoms with E-state index in [1.165, 1.54) is 76.6 Å². The molecular formula is C59H51N3. The molecule has 1 atom stereocenters. The van der Waals surface area contributed by atoms with Crippen LogP contribution in [0.3, 0.4) is 0 Å². The summed E-state index contributed by atoms with van der Waals surface area (Å²) in [6.45, 7) is 13.7. The third-order valence-corrected chi connectivity index (χ3v) is 13.0. The fraction of sp³-hybridized carbons (Fsp3) is 0.153. The first-order valence-corrected chi connectivity index (χ1v) is 22.0. The van der Waals surface area contributed by atoms with E-state index in [9.17, 15) is 0 Å². The predicted molar refractivity (Wildman–Crippen MR) is 265 cm³/mol. The number of hydrogen-bond acceptors (Lipinski definition) is 2. The lowest BCUT2D eigenvalue weighted by atomic mass is 9.87. The van der Waals surface area contributed by atoms with Crippen molar-refractivity contribution in [3.8, 4) is 0 Å². The number of allylic oxidation sites excluding steroid dienone is 4. The number of para-hydroxylation sites is 3. The third-order valence-electron chi connectivity index (χ3n) is 13.0. The Kier molecular flexibility index (Phi) is 8.70. The largest absolute Gasteiger partial charge is 0.313 e. The van der Waals surface area contributed by atoms with Gasteiger partial charge in [0.2, 0.25) is 0 Å². The van der Waals surface area contributed by atoms with Crippen molar-refractivity contribution in [1.29, 1.82) is 0 Å². The highest BCUT2D eigenvalue weighted by atomic mass is 15.2. The second kappa shape index (κ2) is 14.2. The third kappa shape index (κ3) is 6.10. The molecule has 0 radical (unpaired) electrons. The van der Waals surface area contributed by atoms with Gasteiger partial charge >= 0.3 is 0 Å². The van der Waals surface area contributed by atoms with Gasteiger partial charge in [0.05, 0.1) is 22.1 Å². The van der Waals surface area contributed by atoms with Crippen LogP contribution in [-0.4, -0.2) is 4.40 Å². The molecule has 62 heavy (non-hydrogen) atoms. The van der Waals surface area contributed by atoms with Gasteiger partial charge in [-0.3, -0.25) is 0 Å². The maximum Gasteiger partial charge on any atom is 0.0640 e. The molecule has 11 rings (SSSR count). The normalized spacial score (nSPS) is 15.2. The van der Waals surface area contributed by atoms with E-state index in [-0.39, 0.29) is 16.7 Å². The molecule has 1 unspecified atom stereocenters. The number of nitrogens with zero attached hydrogens (tertiary/aromatic N) is 3. The van der Waals surface area contributed by atoms with Crippen LogP contribution in [0.4, 0.5) is 28.4 Å². The van der Waals surface area contributed by atoms with Crippen LogP contribution in [0.2, 0.25) is 0 Å². The molecule has 302 valence electrons. The molecule has 0 aliphatic heterocycles. The zero-order valence-electron chi connectivity index (χ0n) is 36.4. The lowest BCUT2D eigenvalue weighted by Gasteiger charge is -2.31. The van der Waals surface area contributed by atoms with Crippen molar-refractivity contribution >= 4 is 78.2 Å². The number of anilines is 5. The van der Waals surface area contributed by atoms with Gasteiger partial charge in [0, 0.05) is 61.1 Å². The monoisotopic (exact) mass is 801 g/mol. The summed E-state index contributed by atoms with van der Waals surface area (Å²) in [7, 11) is 0. The van der Waals surface area contributed by atoms with Crippen LogP contribution >= 0.6 is 0 Å². The van der Waals surface area contributed by atoms with Crippen molar-refractivity contribution in [3.63, 3.8) is 0 Å². The Balaban J connectivity index is 1.29. The highest BCUT2D eigenvalue weighted by Crippen LogP contribution is 2.48. The van der Waals surface area contributed by atoms with Gasteiger partial charge in [-0.15, -0.1) is 0 Å². The average Bonchev–Trinajstić information content (AvgIpc) is 3.59. The zero-order valence-corrected chi connectivity index (χ0v) is 36.4. The molecule has 3 nitrogen and oxygen atoms in total. The summed E-state index contributed by atoms with van der Waals surface area (Å²) in [4.78, 5) is 5.01. The summed E-state index contributed by atoms with van der Waals surface area (Å²) in [5.74, 6) is 0.0124. The topological polar surface area (TPSA) is 10.9 Å². The Hall–Kier alpha value is -7.10. The molecular weight excluding hydrogens is 751 g/mol. The fourth-order valence-electron chi connectivity index (χ4n) is 9.93. The summed E-state index contributed by atoms with van der Waals surface area (Å²) >= 11 is 0. The van der Waals surface area contributed by atoms with Crippen LogP contribution < -0.4 is 20.4 Å². The first-order chi connectivity index (χ1) is 30.0. The van der Waals surface area contributed by atoms with E-state index in [2.05, 4.69) is 250 Å². The zero-order chi connectivity index (χ0) is 42.3. The molecule has 7 aromatic carbocycles. The summed E-state index contributed by atoms with van der Waals surface area (Å²) in [5.41, 5.74) is 13.4.